The van der Waals surface area contributed by atoms with E-state index in [1.807, 2.05) is 41.9 Å². The lowest BCUT2D eigenvalue weighted by Crippen LogP contribution is -2.02. The van der Waals surface area contributed by atoms with Gasteiger partial charge in [0.2, 0.25) is 0 Å². The molecule has 0 spiro atoms. The van der Waals surface area contributed by atoms with Crippen molar-refractivity contribution in [3.05, 3.63) is 47.0 Å². The standard InChI is InChI=1S/C15H15ClN4/c1-9(2)13-10(3)17-15(19-14(13)16)11-8-20-7-5-4-6-12(20)18-11/h4-9H,1-3H3. The Morgan fingerprint density at radius 2 is 1.95 bits per heavy atom. The molecule has 0 aliphatic heterocycles. The summed E-state index contributed by atoms with van der Waals surface area (Å²) in [7, 11) is 0. The van der Waals surface area contributed by atoms with E-state index in [9.17, 15) is 0 Å². The van der Waals surface area contributed by atoms with Gasteiger partial charge in [0, 0.05) is 23.7 Å². The molecular weight excluding hydrogens is 272 g/mol. The predicted octanol–water partition coefficient (Wildman–Crippen LogP) is 3.88. The molecule has 20 heavy (non-hydrogen) atoms. The lowest BCUT2D eigenvalue weighted by Gasteiger charge is -2.11. The molecule has 5 heteroatoms. The number of nitrogens with zero attached hydrogens (tertiary/aromatic N) is 4. The van der Waals surface area contributed by atoms with Crippen molar-refractivity contribution in [2.45, 2.75) is 26.7 Å². The fourth-order valence-corrected chi connectivity index (χ4v) is 2.79. The second-order valence-corrected chi connectivity index (χ2v) is 5.44. The van der Waals surface area contributed by atoms with Gasteiger partial charge in [-0.25, -0.2) is 15.0 Å². The highest BCUT2D eigenvalue weighted by Gasteiger charge is 2.15. The minimum Gasteiger partial charge on any atom is -0.306 e. The van der Waals surface area contributed by atoms with Gasteiger partial charge in [-0.15, -0.1) is 0 Å². The maximum absolute atomic E-state index is 6.29. The molecule has 0 bridgehead atoms. The monoisotopic (exact) mass is 286 g/mol. The summed E-state index contributed by atoms with van der Waals surface area (Å²) >= 11 is 6.29. The zero-order chi connectivity index (χ0) is 14.3. The molecule has 3 aromatic rings. The first-order valence-electron chi connectivity index (χ1n) is 6.54. The fourth-order valence-electron chi connectivity index (χ4n) is 2.36. The summed E-state index contributed by atoms with van der Waals surface area (Å²) in [5, 5.41) is 0.513. The van der Waals surface area contributed by atoms with Crippen LogP contribution in [0, 0.1) is 6.92 Å². The van der Waals surface area contributed by atoms with Crippen LogP contribution in [-0.4, -0.2) is 19.4 Å². The molecule has 0 unspecified atom stereocenters. The van der Waals surface area contributed by atoms with Gasteiger partial charge in [-0.1, -0.05) is 31.5 Å². The van der Waals surface area contributed by atoms with E-state index < -0.39 is 0 Å². The summed E-state index contributed by atoms with van der Waals surface area (Å²) in [5.74, 6) is 0.873. The number of fused-ring (bicyclic) bond motifs is 1. The minimum absolute atomic E-state index is 0.303. The van der Waals surface area contributed by atoms with E-state index in [1.54, 1.807) is 0 Å². The van der Waals surface area contributed by atoms with Crippen molar-refractivity contribution in [3.63, 3.8) is 0 Å². The molecule has 0 aliphatic carbocycles. The van der Waals surface area contributed by atoms with E-state index in [2.05, 4.69) is 28.8 Å². The third-order valence-electron chi connectivity index (χ3n) is 3.26. The Morgan fingerprint density at radius 1 is 1.15 bits per heavy atom. The highest BCUT2D eigenvalue weighted by molar-refractivity contribution is 6.30. The van der Waals surface area contributed by atoms with Gasteiger partial charge in [0.1, 0.15) is 16.5 Å². The molecule has 0 saturated heterocycles. The molecular formula is C15H15ClN4. The lowest BCUT2D eigenvalue weighted by molar-refractivity contribution is 0.830. The second kappa shape index (κ2) is 4.87. The van der Waals surface area contributed by atoms with Crippen molar-refractivity contribution in [2.24, 2.45) is 0 Å². The molecule has 0 amide bonds. The van der Waals surface area contributed by atoms with Crippen LogP contribution in [0.5, 0.6) is 0 Å². The minimum atomic E-state index is 0.303. The zero-order valence-corrected chi connectivity index (χ0v) is 12.4. The topological polar surface area (TPSA) is 43.1 Å². The summed E-state index contributed by atoms with van der Waals surface area (Å²) in [4.78, 5) is 13.5. The number of imidazole rings is 1. The van der Waals surface area contributed by atoms with Crippen molar-refractivity contribution >= 4 is 17.2 Å². The van der Waals surface area contributed by atoms with Gasteiger partial charge in [-0.05, 0) is 25.0 Å². The largest absolute Gasteiger partial charge is 0.306 e. The Kier molecular flexibility index (Phi) is 3.18. The van der Waals surface area contributed by atoms with Crippen molar-refractivity contribution in [1.82, 2.24) is 19.4 Å². The molecule has 102 valence electrons. The molecule has 3 heterocycles. The Labute approximate surface area is 122 Å². The summed E-state index contributed by atoms with van der Waals surface area (Å²) in [5.41, 5.74) is 3.51. The Hall–Kier alpha value is -1.94. The Morgan fingerprint density at radius 3 is 2.60 bits per heavy atom. The van der Waals surface area contributed by atoms with E-state index in [0.717, 1.165) is 22.6 Å². The van der Waals surface area contributed by atoms with E-state index in [-0.39, 0.29) is 0 Å². The normalized spacial score (nSPS) is 11.4. The Balaban J connectivity index is 2.15. The number of rotatable bonds is 2. The van der Waals surface area contributed by atoms with E-state index in [1.165, 1.54) is 0 Å². The average Bonchev–Trinajstić information content (AvgIpc) is 2.81. The zero-order valence-electron chi connectivity index (χ0n) is 11.6. The van der Waals surface area contributed by atoms with Crippen LogP contribution in [0.1, 0.15) is 31.0 Å². The number of hydrogen-bond donors (Lipinski definition) is 0. The number of aryl methyl sites for hydroxylation is 1. The summed E-state index contributed by atoms with van der Waals surface area (Å²) < 4.78 is 1.94. The third-order valence-corrected chi connectivity index (χ3v) is 3.55. The molecule has 0 aliphatic rings. The first-order chi connectivity index (χ1) is 9.56. The molecule has 3 rings (SSSR count). The molecule has 0 fully saturated rings. The van der Waals surface area contributed by atoms with Crippen molar-refractivity contribution in [2.75, 3.05) is 0 Å². The van der Waals surface area contributed by atoms with Crippen LogP contribution in [0.3, 0.4) is 0 Å². The molecule has 0 aromatic carbocycles. The summed E-state index contributed by atoms with van der Waals surface area (Å²) in [6, 6.07) is 5.85. The van der Waals surface area contributed by atoms with Gasteiger partial charge >= 0.3 is 0 Å². The van der Waals surface area contributed by atoms with Crippen LogP contribution in [0.15, 0.2) is 30.6 Å². The Bertz CT molecular complexity index is 720. The smallest absolute Gasteiger partial charge is 0.181 e. The van der Waals surface area contributed by atoms with Crippen LogP contribution in [0.2, 0.25) is 5.15 Å². The van der Waals surface area contributed by atoms with Crippen LogP contribution < -0.4 is 0 Å². The molecule has 3 aromatic heterocycles. The lowest BCUT2D eigenvalue weighted by atomic mass is 10.0. The SMILES string of the molecule is Cc1nc(-c2cn3ccccc3n2)nc(Cl)c1C(C)C. The fraction of sp³-hybridized carbons (Fsp3) is 0.267. The molecule has 0 N–H and O–H groups in total. The van der Waals surface area contributed by atoms with Gasteiger partial charge in [0.05, 0.1) is 0 Å². The maximum atomic E-state index is 6.29. The highest BCUT2D eigenvalue weighted by atomic mass is 35.5. The van der Waals surface area contributed by atoms with Crippen molar-refractivity contribution in [3.8, 4) is 11.5 Å². The van der Waals surface area contributed by atoms with Crippen LogP contribution in [-0.2, 0) is 0 Å². The average molecular weight is 287 g/mol. The second-order valence-electron chi connectivity index (χ2n) is 5.08. The summed E-state index contributed by atoms with van der Waals surface area (Å²) in [6.45, 7) is 6.13. The van der Waals surface area contributed by atoms with Gasteiger partial charge in [0.15, 0.2) is 5.82 Å². The van der Waals surface area contributed by atoms with E-state index in [0.29, 0.717) is 16.9 Å². The first-order valence-corrected chi connectivity index (χ1v) is 6.92. The van der Waals surface area contributed by atoms with Crippen LogP contribution in [0.25, 0.3) is 17.2 Å². The maximum Gasteiger partial charge on any atom is 0.181 e. The van der Waals surface area contributed by atoms with E-state index >= 15 is 0 Å². The van der Waals surface area contributed by atoms with E-state index in [4.69, 9.17) is 11.6 Å². The molecule has 4 nitrogen and oxygen atoms in total. The van der Waals surface area contributed by atoms with Gasteiger partial charge in [-0.2, -0.15) is 0 Å². The highest BCUT2D eigenvalue weighted by Crippen LogP contribution is 2.27. The van der Waals surface area contributed by atoms with Crippen molar-refractivity contribution in [1.29, 1.82) is 0 Å². The number of aromatic nitrogens is 4. The van der Waals surface area contributed by atoms with Gasteiger partial charge < -0.3 is 4.40 Å². The number of pyridine rings is 1. The quantitative estimate of drug-likeness (QED) is 0.672. The van der Waals surface area contributed by atoms with Crippen LogP contribution in [0.4, 0.5) is 0 Å². The van der Waals surface area contributed by atoms with Gasteiger partial charge in [0.25, 0.3) is 0 Å². The molecule has 0 saturated carbocycles. The third kappa shape index (κ3) is 2.16. The number of hydrogen-bond acceptors (Lipinski definition) is 3. The predicted molar refractivity (Wildman–Crippen MR) is 80.1 cm³/mol. The van der Waals surface area contributed by atoms with Crippen molar-refractivity contribution < 1.29 is 0 Å². The van der Waals surface area contributed by atoms with Gasteiger partial charge in [-0.3, -0.25) is 0 Å². The first kappa shape index (κ1) is 13.1. The summed E-state index contributed by atoms with van der Waals surface area (Å²) in [6.07, 6.45) is 3.86. The number of halogens is 1. The molecule has 0 atom stereocenters. The van der Waals surface area contributed by atoms with Crippen LogP contribution >= 0.6 is 11.6 Å². The molecule has 0 radical (unpaired) electrons.